The number of nitrogens with one attached hydrogen (secondary N) is 1. The van der Waals surface area contributed by atoms with Crippen LogP contribution < -0.4 is 11.1 Å². The van der Waals surface area contributed by atoms with E-state index in [0.717, 1.165) is 24.9 Å². The Kier molecular flexibility index (Phi) is 4.60. The highest BCUT2D eigenvalue weighted by Crippen LogP contribution is 2.36. The Balaban J connectivity index is 2.20. The van der Waals surface area contributed by atoms with Gasteiger partial charge in [0.15, 0.2) is 0 Å². The van der Waals surface area contributed by atoms with Gasteiger partial charge in [0.1, 0.15) is 0 Å². The molecule has 1 rings (SSSR count). The van der Waals surface area contributed by atoms with Crippen molar-refractivity contribution in [1.82, 2.24) is 5.32 Å². The van der Waals surface area contributed by atoms with Gasteiger partial charge in [-0.25, -0.2) is 0 Å². The van der Waals surface area contributed by atoms with Crippen molar-refractivity contribution in [1.29, 1.82) is 0 Å². The van der Waals surface area contributed by atoms with Crippen molar-refractivity contribution in [3.05, 3.63) is 0 Å². The van der Waals surface area contributed by atoms with Crippen LogP contribution in [0.2, 0.25) is 0 Å². The molecule has 2 nitrogen and oxygen atoms in total. The summed E-state index contributed by atoms with van der Waals surface area (Å²) in [5.41, 5.74) is 6.17. The lowest BCUT2D eigenvalue weighted by molar-refractivity contribution is 0.298. The molecule has 90 valence electrons. The molecule has 1 aliphatic carbocycles. The van der Waals surface area contributed by atoms with Crippen LogP contribution in [0, 0.1) is 17.3 Å². The minimum Gasteiger partial charge on any atom is -0.329 e. The minimum atomic E-state index is 0.375. The first-order valence-corrected chi connectivity index (χ1v) is 6.36. The summed E-state index contributed by atoms with van der Waals surface area (Å²) in [4.78, 5) is 0. The lowest BCUT2D eigenvalue weighted by atomic mass is 9.88. The molecular formula is C13H28N2. The van der Waals surface area contributed by atoms with Gasteiger partial charge in [-0.1, -0.05) is 27.7 Å². The maximum Gasteiger partial charge on any atom is 0.0195 e. The van der Waals surface area contributed by atoms with Crippen LogP contribution in [0.4, 0.5) is 0 Å². The number of nitrogens with two attached hydrogens (primary N) is 1. The van der Waals surface area contributed by atoms with Crippen LogP contribution in [0.15, 0.2) is 0 Å². The topological polar surface area (TPSA) is 38.0 Å². The molecule has 0 bridgehead atoms. The van der Waals surface area contributed by atoms with Crippen LogP contribution in [0.3, 0.4) is 0 Å². The molecule has 0 radical (unpaired) electrons. The molecule has 2 atom stereocenters. The Bertz CT molecular complexity index is 179. The van der Waals surface area contributed by atoms with Gasteiger partial charge in [-0.2, -0.15) is 0 Å². The molecule has 0 aliphatic heterocycles. The predicted molar refractivity (Wildman–Crippen MR) is 66.8 cm³/mol. The largest absolute Gasteiger partial charge is 0.329 e. The summed E-state index contributed by atoms with van der Waals surface area (Å²) in [5.74, 6) is 1.82. The standard InChI is InChI=1S/C13H28N2/c1-10(11-5-6-11)9-15-12(8-14)7-13(2,3)4/h10-12,15H,5-9,14H2,1-4H3. The Labute approximate surface area is 95.0 Å². The van der Waals surface area contributed by atoms with Crippen molar-refractivity contribution in [2.24, 2.45) is 23.0 Å². The fourth-order valence-corrected chi connectivity index (χ4v) is 2.16. The summed E-state index contributed by atoms with van der Waals surface area (Å²) in [6, 6.07) is 0.492. The average molecular weight is 212 g/mol. The van der Waals surface area contributed by atoms with Crippen molar-refractivity contribution in [3.8, 4) is 0 Å². The second kappa shape index (κ2) is 5.31. The zero-order valence-electron chi connectivity index (χ0n) is 10.8. The third-order valence-corrected chi connectivity index (χ3v) is 3.30. The average Bonchev–Trinajstić information content (AvgIpc) is 2.92. The second-order valence-electron chi connectivity index (χ2n) is 6.42. The molecule has 3 N–H and O–H groups in total. The Morgan fingerprint density at radius 1 is 1.33 bits per heavy atom. The third-order valence-electron chi connectivity index (χ3n) is 3.30. The number of hydrogen-bond acceptors (Lipinski definition) is 2. The molecule has 1 aliphatic rings. The summed E-state index contributed by atoms with van der Waals surface area (Å²) in [7, 11) is 0. The molecule has 15 heavy (non-hydrogen) atoms. The fraction of sp³-hybridized carbons (Fsp3) is 1.00. The van der Waals surface area contributed by atoms with E-state index in [1.165, 1.54) is 19.3 Å². The quantitative estimate of drug-likeness (QED) is 0.709. The van der Waals surface area contributed by atoms with Crippen LogP contribution >= 0.6 is 0 Å². The molecule has 0 heterocycles. The van der Waals surface area contributed by atoms with Gasteiger partial charge in [0, 0.05) is 12.6 Å². The second-order valence-corrected chi connectivity index (χ2v) is 6.42. The fourth-order valence-electron chi connectivity index (χ4n) is 2.16. The van der Waals surface area contributed by atoms with Gasteiger partial charge in [-0.3, -0.25) is 0 Å². The van der Waals surface area contributed by atoms with Crippen molar-refractivity contribution >= 4 is 0 Å². The van der Waals surface area contributed by atoms with E-state index in [-0.39, 0.29) is 0 Å². The maximum atomic E-state index is 5.80. The molecule has 1 fully saturated rings. The van der Waals surface area contributed by atoms with Crippen LogP contribution in [-0.4, -0.2) is 19.1 Å². The summed E-state index contributed by atoms with van der Waals surface area (Å²) in [5, 5.41) is 3.62. The van der Waals surface area contributed by atoms with Crippen LogP contribution in [0.25, 0.3) is 0 Å². The van der Waals surface area contributed by atoms with E-state index in [2.05, 4.69) is 33.0 Å². The summed E-state index contributed by atoms with van der Waals surface area (Å²) < 4.78 is 0. The molecule has 0 spiro atoms. The van der Waals surface area contributed by atoms with E-state index in [1.54, 1.807) is 0 Å². The zero-order valence-corrected chi connectivity index (χ0v) is 10.8. The third kappa shape index (κ3) is 5.53. The number of rotatable bonds is 6. The minimum absolute atomic E-state index is 0.375. The Morgan fingerprint density at radius 3 is 2.33 bits per heavy atom. The Hall–Kier alpha value is -0.0800. The van der Waals surface area contributed by atoms with E-state index in [1.807, 2.05) is 0 Å². The van der Waals surface area contributed by atoms with Gasteiger partial charge in [0.25, 0.3) is 0 Å². The van der Waals surface area contributed by atoms with Crippen LogP contribution in [-0.2, 0) is 0 Å². The SMILES string of the molecule is CC(CNC(CN)CC(C)(C)C)C1CC1. The van der Waals surface area contributed by atoms with Gasteiger partial charge in [-0.15, -0.1) is 0 Å². The van der Waals surface area contributed by atoms with Crippen molar-refractivity contribution < 1.29 is 0 Å². The van der Waals surface area contributed by atoms with Crippen molar-refractivity contribution in [2.45, 2.75) is 53.0 Å². The molecule has 0 saturated heterocycles. The van der Waals surface area contributed by atoms with Gasteiger partial charge < -0.3 is 11.1 Å². The molecule has 0 amide bonds. The van der Waals surface area contributed by atoms with E-state index in [4.69, 9.17) is 5.73 Å². The van der Waals surface area contributed by atoms with Gasteiger partial charge >= 0.3 is 0 Å². The van der Waals surface area contributed by atoms with Gasteiger partial charge in [0.05, 0.1) is 0 Å². The molecule has 2 heteroatoms. The first-order chi connectivity index (χ1) is 6.92. The molecule has 2 unspecified atom stereocenters. The lowest BCUT2D eigenvalue weighted by Crippen LogP contribution is -2.41. The highest BCUT2D eigenvalue weighted by Gasteiger charge is 2.28. The van der Waals surface area contributed by atoms with E-state index < -0.39 is 0 Å². The predicted octanol–water partition coefficient (Wildman–Crippen LogP) is 2.39. The van der Waals surface area contributed by atoms with E-state index in [0.29, 0.717) is 11.5 Å². The van der Waals surface area contributed by atoms with Gasteiger partial charge in [-0.05, 0) is 43.1 Å². The number of hydrogen-bond donors (Lipinski definition) is 2. The van der Waals surface area contributed by atoms with E-state index >= 15 is 0 Å². The zero-order chi connectivity index (χ0) is 11.5. The van der Waals surface area contributed by atoms with Crippen molar-refractivity contribution in [2.75, 3.05) is 13.1 Å². The molecule has 0 aromatic heterocycles. The summed E-state index contributed by atoms with van der Waals surface area (Å²) in [6.07, 6.45) is 4.05. The lowest BCUT2D eigenvalue weighted by Gasteiger charge is -2.27. The smallest absolute Gasteiger partial charge is 0.0195 e. The maximum absolute atomic E-state index is 5.80. The van der Waals surface area contributed by atoms with Gasteiger partial charge in [0.2, 0.25) is 0 Å². The highest BCUT2D eigenvalue weighted by molar-refractivity contribution is 4.82. The van der Waals surface area contributed by atoms with Crippen LogP contribution in [0.1, 0.15) is 47.0 Å². The van der Waals surface area contributed by atoms with E-state index in [9.17, 15) is 0 Å². The monoisotopic (exact) mass is 212 g/mol. The summed E-state index contributed by atoms with van der Waals surface area (Å²) in [6.45, 7) is 11.1. The summed E-state index contributed by atoms with van der Waals surface area (Å²) >= 11 is 0. The molecule has 0 aromatic rings. The molecule has 0 aromatic carbocycles. The molecular weight excluding hydrogens is 184 g/mol. The van der Waals surface area contributed by atoms with Crippen molar-refractivity contribution in [3.63, 3.8) is 0 Å². The first-order valence-electron chi connectivity index (χ1n) is 6.36. The molecule has 1 saturated carbocycles. The Morgan fingerprint density at radius 2 is 1.93 bits per heavy atom. The highest BCUT2D eigenvalue weighted by atomic mass is 14.9. The first kappa shape index (κ1) is 13.0. The van der Waals surface area contributed by atoms with Crippen LogP contribution in [0.5, 0.6) is 0 Å². The normalized spacial score (nSPS) is 21.4.